The van der Waals surface area contributed by atoms with Gasteiger partial charge >= 0.3 is 0 Å². The zero-order valence-electron chi connectivity index (χ0n) is 16.5. The van der Waals surface area contributed by atoms with Crippen molar-refractivity contribution in [3.63, 3.8) is 0 Å². The van der Waals surface area contributed by atoms with Crippen LogP contribution in [0, 0.1) is 17.8 Å². The minimum Gasteiger partial charge on any atom is -0.352 e. The highest BCUT2D eigenvalue weighted by Gasteiger charge is 2.52. The van der Waals surface area contributed by atoms with Crippen LogP contribution in [0.1, 0.15) is 56.2 Å². The molecule has 0 unspecified atom stereocenters. The van der Waals surface area contributed by atoms with Gasteiger partial charge in [0, 0.05) is 17.3 Å². The van der Waals surface area contributed by atoms with Gasteiger partial charge in [-0.3, -0.25) is 9.59 Å². The SMILES string of the molecule is O=C(CC(=O)Nc1nc(C23CC4CC(CC(C4)C2)C3)cs1)NCc1ccccc1. The highest BCUT2D eigenvalue weighted by Crippen LogP contribution is 2.60. The van der Waals surface area contributed by atoms with E-state index in [-0.39, 0.29) is 23.7 Å². The summed E-state index contributed by atoms with van der Waals surface area (Å²) in [4.78, 5) is 29.1. The third-order valence-electron chi connectivity index (χ3n) is 6.99. The van der Waals surface area contributed by atoms with Crippen molar-refractivity contribution in [2.75, 3.05) is 5.32 Å². The van der Waals surface area contributed by atoms with Crippen molar-refractivity contribution in [3.05, 3.63) is 47.0 Å². The molecule has 1 aromatic carbocycles. The van der Waals surface area contributed by atoms with Crippen molar-refractivity contribution in [1.82, 2.24) is 10.3 Å². The molecule has 4 aliphatic carbocycles. The van der Waals surface area contributed by atoms with Crippen LogP contribution in [0.4, 0.5) is 5.13 Å². The summed E-state index contributed by atoms with van der Waals surface area (Å²) in [5.74, 6) is 2.03. The second-order valence-electron chi connectivity index (χ2n) is 9.22. The first-order valence-electron chi connectivity index (χ1n) is 10.6. The van der Waals surface area contributed by atoms with Crippen LogP contribution in [0.5, 0.6) is 0 Å². The zero-order valence-corrected chi connectivity index (χ0v) is 17.3. The molecule has 4 fully saturated rings. The number of hydrogen-bond acceptors (Lipinski definition) is 4. The van der Waals surface area contributed by atoms with Crippen molar-refractivity contribution >= 4 is 28.3 Å². The highest BCUT2D eigenvalue weighted by molar-refractivity contribution is 7.14. The van der Waals surface area contributed by atoms with Crippen molar-refractivity contribution in [3.8, 4) is 0 Å². The number of hydrogen-bond donors (Lipinski definition) is 2. The van der Waals surface area contributed by atoms with E-state index >= 15 is 0 Å². The summed E-state index contributed by atoms with van der Waals surface area (Å²) >= 11 is 1.49. The Labute approximate surface area is 175 Å². The number of benzene rings is 1. The molecule has 4 bridgehead atoms. The lowest BCUT2D eigenvalue weighted by molar-refractivity contribution is -0.126. The molecule has 152 valence electrons. The molecule has 0 saturated heterocycles. The lowest BCUT2D eigenvalue weighted by atomic mass is 9.49. The Kier molecular flexibility index (Phi) is 4.90. The number of aromatic nitrogens is 1. The molecule has 5 nitrogen and oxygen atoms in total. The largest absolute Gasteiger partial charge is 0.352 e. The summed E-state index contributed by atoms with van der Waals surface area (Å²) in [7, 11) is 0. The predicted molar refractivity (Wildman–Crippen MR) is 113 cm³/mol. The van der Waals surface area contributed by atoms with Gasteiger partial charge in [-0.15, -0.1) is 11.3 Å². The molecule has 2 amide bonds. The summed E-state index contributed by atoms with van der Waals surface area (Å²) in [6.07, 6.45) is 7.83. The number of anilines is 1. The lowest BCUT2D eigenvalue weighted by Crippen LogP contribution is -2.48. The third kappa shape index (κ3) is 3.95. The molecule has 0 spiro atoms. The van der Waals surface area contributed by atoms with Gasteiger partial charge in [-0.05, 0) is 61.8 Å². The van der Waals surface area contributed by atoms with E-state index in [2.05, 4.69) is 16.0 Å². The van der Waals surface area contributed by atoms with Crippen LogP contribution in [-0.4, -0.2) is 16.8 Å². The van der Waals surface area contributed by atoms with Crippen molar-refractivity contribution < 1.29 is 9.59 Å². The van der Waals surface area contributed by atoms with Gasteiger partial charge in [0.15, 0.2) is 5.13 Å². The minimum absolute atomic E-state index is 0.181. The highest BCUT2D eigenvalue weighted by atomic mass is 32.1. The number of nitrogens with one attached hydrogen (secondary N) is 2. The summed E-state index contributed by atoms with van der Waals surface area (Å²) in [5, 5.41) is 8.38. The second kappa shape index (κ2) is 7.56. The zero-order chi connectivity index (χ0) is 19.8. The lowest BCUT2D eigenvalue weighted by Gasteiger charge is -2.56. The summed E-state index contributed by atoms with van der Waals surface area (Å²) < 4.78 is 0. The smallest absolute Gasteiger partial charge is 0.235 e. The standard InChI is InChI=1S/C23H27N3O2S/c27-20(24-13-15-4-2-1-3-5-15)9-21(28)26-22-25-19(14-29-22)23-10-16-6-17(11-23)8-18(7-16)12-23/h1-5,14,16-18H,6-13H2,(H,24,27)(H,25,26,28). The Balaban J connectivity index is 1.16. The van der Waals surface area contributed by atoms with Crippen LogP contribution in [0.2, 0.25) is 0 Å². The molecule has 2 N–H and O–H groups in total. The maximum atomic E-state index is 12.3. The number of thiazole rings is 1. The van der Waals surface area contributed by atoms with E-state index in [1.807, 2.05) is 30.3 Å². The Hall–Kier alpha value is -2.21. The fraction of sp³-hybridized carbons (Fsp3) is 0.522. The molecule has 4 saturated carbocycles. The van der Waals surface area contributed by atoms with Crippen LogP contribution in [0.3, 0.4) is 0 Å². The third-order valence-corrected chi connectivity index (χ3v) is 7.74. The molecule has 6 rings (SSSR count). The second-order valence-corrected chi connectivity index (χ2v) is 10.1. The monoisotopic (exact) mass is 409 g/mol. The van der Waals surface area contributed by atoms with Gasteiger partial charge in [0.05, 0.1) is 5.69 Å². The van der Waals surface area contributed by atoms with Crippen LogP contribution in [0.15, 0.2) is 35.7 Å². The van der Waals surface area contributed by atoms with E-state index in [4.69, 9.17) is 4.98 Å². The summed E-state index contributed by atoms with van der Waals surface area (Å²) in [6, 6.07) is 9.68. The molecule has 29 heavy (non-hydrogen) atoms. The number of carbonyl (C=O) groups is 2. The summed E-state index contributed by atoms with van der Waals surface area (Å²) in [5.41, 5.74) is 2.42. The molecule has 1 heterocycles. The average molecular weight is 410 g/mol. The fourth-order valence-corrected chi connectivity index (χ4v) is 7.02. The number of carbonyl (C=O) groups excluding carboxylic acids is 2. The maximum absolute atomic E-state index is 12.3. The fourth-order valence-electron chi connectivity index (χ4n) is 6.17. The molecule has 0 atom stereocenters. The van der Waals surface area contributed by atoms with Gasteiger partial charge < -0.3 is 10.6 Å². The molecular formula is C23H27N3O2S. The normalized spacial score (nSPS) is 29.6. The molecule has 1 aromatic heterocycles. The van der Waals surface area contributed by atoms with Gasteiger partial charge in [-0.25, -0.2) is 4.98 Å². The van der Waals surface area contributed by atoms with E-state index < -0.39 is 0 Å². The molecule has 0 radical (unpaired) electrons. The number of rotatable bonds is 6. The van der Waals surface area contributed by atoms with Gasteiger partial charge in [-0.2, -0.15) is 0 Å². The van der Waals surface area contributed by atoms with Gasteiger partial charge in [0.2, 0.25) is 11.8 Å². The van der Waals surface area contributed by atoms with Gasteiger partial charge in [-0.1, -0.05) is 30.3 Å². The Morgan fingerprint density at radius 2 is 1.66 bits per heavy atom. The van der Waals surface area contributed by atoms with E-state index in [1.165, 1.54) is 55.6 Å². The number of nitrogens with zero attached hydrogens (tertiary/aromatic N) is 1. The maximum Gasteiger partial charge on any atom is 0.235 e. The van der Waals surface area contributed by atoms with Gasteiger partial charge in [0.25, 0.3) is 0 Å². The van der Waals surface area contributed by atoms with Crippen LogP contribution in [0.25, 0.3) is 0 Å². The molecule has 4 aliphatic rings. The quantitative estimate of drug-likeness (QED) is 0.701. The number of amides is 2. The van der Waals surface area contributed by atoms with Crippen LogP contribution < -0.4 is 10.6 Å². The van der Waals surface area contributed by atoms with Crippen LogP contribution in [-0.2, 0) is 21.5 Å². The van der Waals surface area contributed by atoms with Gasteiger partial charge in [0.1, 0.15) is 6.42 Å². The first-order valence-corrected chi connectivity index (χ1v) is 11.5. The molecule has 6 heteroatoms. The van der Waals surface area contributed by atoms with Crippen molar-refractivity contribution in [2.24, 2.45) is 17.8 Å². The molecule has 0 aliphatic heterocycles. The van der Waals surface area contributed by atoms with E-state index in [0.717, 1.165) is 23.3 Å². The van der Waals surface area contributed by atoms with E-state index in [0.29, 0.717) is 11.7 Å². The van der Waals surface area contributed by atoms with Crippen molar-refractivity contribution in [2.45, 2.75) is 56.9 Å². The Morgan fingerprint density at radius 3 is 2.31 bits per heavy atom. The average Bonchev–Trinajstić information content (AvgIpc) is 3.15. The topological polar surface area (TPSA) is 71.1 Å². The van der Waals surface area contributed by atoms with E-state index in [9.17, 15) is 9.59 Å². The first-order chi connectivity index (χ1) is 14.1. The Bertz CT molecular complexity index is 873. The predicted octanol–water partition coefficient (Wildman–Crippen LogP) is 4.26. The minimum atomic E-state index is -0.304. The van der Waals surface area contributed by atoms with Crippen LogP contribution >= 0.6 is 11.3 Å². The first kappa shape index (κ1) is 18.8. The Morgan fingerprint density at radius 1 is 1.00 bits per heavy atom. The molecule has 2 aromatic rings. The van der Waals surface area contributed by atoms with Crippen molar-refractivity contribution in [1.29, 1.82) is 0 Å². The van der Waals surface area contributed by atoms with E-state index in [1.54, 1.807) is 0 Å². The molecular weight excluding hydrogens is 382 g/mol. The summed E-state index contributed by atoms with van der Waals surface area (Å²) in [6.45, 7) is 0.431.